The molecule has 1 aliphatic heterocycles. The Labute approximate surface area is 96.5 Å². The van der Waals surface area contributed by atoms with E-state index in [1.807, 2.05) is 13.0 Å². The third-order valence-corrected chi connectivity index (χ3v) is 3.15. The molecular formula is C13H19FN2. The highest BCUT2D eigenvalue weighted by Gasteiger charge is 2.16. The third-order valence-electron chi connectivity index (χ3n) is 3.15. The molecule has 1 aromatic carbocycles. The van der Waals surface area contributed by atoms with Gasteiger partial charge in [-0.2, -0.15) is 0 Å². The van der Waals surface area contributed by atoms with Gasteiger partial charge in [0.05, 0.1) is 0 Å². The number of hydrogen-bond acceptors (Lipinski definition) is 2. The summed E-state index contributed by atoms with van der Waals surface area (Å²) in [5, 5.41) is 3.42. The first kappa shape index (κ1) is 11.6. The maximum absolute atomic E-state index is 13.0. The molecule has 88 valence electrons. The lowest BCUT2D eigenvalue weighted by atomic mass is 10.1. The Kier molecular flexibility index (Phi) is 3.56. The maximum atomic E-state index is 13.0. The van der Waals surface area contributed by atoms with E-state index in [9.17, 15) is 4.39 Å². The first-order chi connectivity index (χ1) is 7.65. The van der Waals surface area contributed by atoms with Gasteiger partial charge in [0.25, 0.3) is 0 Å². The van der Waals surface area contributed by atoms with Crippen molar-refractivity contribution in [1.82, 2.24) is 10.2 Å². The summed E-state index contributed by atoms with van der Waals surface area (Å²) < 4.78 is 13.0. The molecule has 0 amide bonds. The molecule has 2 rings (SSSR count). The molecule has 0 aromatic heterocycles. The van der Waals surface area contributed by atoms with E-state index in [0.29, 0.717) is 6.04 Å². The molecule has 1 saturated heterocycles. The number of halogens is 1. The standard InChI is InChI=1S/C13H19FN2/c1-10-7-13(14)4-3-12(10)9-16-6-5-15-11(2)8-16/h3-4,7,11,15H,5-6,8-9H2,1-2H3/t11-/m0/s1. The van der Waals surface area contributed by atoms with Gasteiger partial charge in [-0.3, -0.25) is 4.90 Å². The van der Waals surface area contributed by atoms with Gasteiger partial charge in [-0.25, -0.2) is 4.39 Å². The molecule has 2 nitrogen and oxygen atoms in total. The lowest BCUT2D eigenvalue weighted by molar-refractivity contribution is 0.199. The maximum Gasteiger partial charge on any atom is 0.123 e. The molecule has 1 aromatic rings. The first-order valence-electron chi connectivity index (χ1n) is 5.86. The van der Waals surface area contributed by atoms with Crippen molar-refractivity contribution in [3.63, 3.8) is 0 Å². The highest BCUT2D eigenvalue weighted by Crippen LogP contribution is 2.13. The molecule has 0 spiro atoms. The van der Waals surface area contributed by atoms with Gasteiger partial charge in [-0.05, 0) is 37.1 Å². The Hall–Kier alpha value is -0.930. The number of nitrogens with zero attached hydrogens (tertiary/aromatic N) is 1. The van der Waals surface area contributed by atoms with Gasteiger partial charge < -0.3 is 5.32 Å². The zero-order valence-electron chi connectivity index (χ0n) is 9.96. The minimum Gasteiger partial charge on any atom is -0.312 e. The van der Waals surface area contributed by atoms with Crippen LogP contribution in [0.15, 0.2) is 18.2 Å². The van der Waals surface area contributed by atoms with Gasteiger partial charge in [0, 0.05) is 32.2 Å². The van der Waals surface area contributed by atoms with Crippen LogP contribution in [0.25, 0.3) is 0 Å². The molecule has 0 radical (unpaired) electrons. The number of hydrogen-bond donors (Lipinski definition) is 1. The molecule has 1 aliphatic rings. The van der Waals surface area contributed by atoms with Crippen molar-refractivity contribution >= 4 is 0 Å². The fourth-order valence-corrected chi connectivity index (χ4v) is 2.23. The molecule has 1 fully saturated rings. The molecule has 0 unspecified atom stereocenters. The lowest BCUT2D eigenvalue weighted by Crippen LogP contribution is -2.48. The van der Waals surface area contributed by atoms with E-state index in [4.69, 9.17) is 0 Å². The number of rotatable bonds is 2. The summed E-state index contributed by atoms with van der Waals surface area (Å²) in [6.45, 7) is 8.28. The summed E-state index contributed by atoms with van der Waals surface area (Å²) in [4.78, 5) is 2.42. The Balaban J connectivity index is 2.02. The van der Waals surface area contributed by atoms with E-state index >= 15 is 0 Å². The molecule has 1 atom stereocenters. The fraction of sp³-hybridized carbons (Fsp3) is 0.538. The Bertz CT molecular complexity index is 365. The van der Waals surface area contributed by atoms with Crippen LogP contribution >= 0.6 is 0 Å². The summed E-state index contributed by atoms with van der Waals surface area (Å²) in [5.41, 5.74) is 2.28. The summed E-state index contributed by atoms with van der Waals surface area (Å²) in [7, 11) is 0. The van der Waals surface area contributed by atoms with Crippen LogP contribution in [0.2, 0.25) is 0 Å². The Morgan fingerprint density at radius 1 is 1.50 bits per heavy atom. The Morgan fingerprint density at radius 3 is 3.00 bits per heavy atom. The van der Waals surface area contributed by atoms with Gasteiger partial charge in [-0.1, -0.05) is 6.07 Å². The van der Waals surface area contributed by atoms with Crippen LogP contribution in [0.4, 0.5) is 4.39 Å². The molecule has 0 bridgehead atoms. The minimum atomic E-state index is -0.144. The topological polar surface area (TPSA) is 15.3 Å². The van der Waals surface area contributed by atoms with Gasteiger partial charge in [0.1, 0.15) is 5.82 Å². The van der Waals surface area contributed by atoms with Crippen LogP contribution in [0.5, 0.6) is 0 Å². The summed E-state index contributed by atoms with van der Waals surface area (Å²) in [6, 6.07) is 5.61. The molecule has 1 heterocycles. The molecule has 0 aliphatic carbocycles. The average molecular weight is 222 g/mol. The number of aryl methyl sites for hydroxylation is 1. The van der Waals surface area contributed by atoms with E-state index in [0.717, 1.165) is 31.7 Å². The van der Waals surface area contributed by atoms with E-state index in [2.05, 4.69) is 17.1 Å². The fourth-order valence-electron chi connectivity index (χ4n) is 2.23. The van der Waals surface area contributed by atoms with Gasteiger partial charge in [-0.15, -0.1) is 0 Å². The number of benzene rings is 1. The van der Waals surface area contributed by atoms with E-state index in [-0.39, 0.29) is 5.82 Å². The highest BCUT2D eigenvalue weighted by atomic mass is 19.1. The molecule has 3 heteroatoms. The van der Waals surface area contributed by atoms with E-state index < -0.39 is 0 Å². The van der Waals surface area contributed by atoms with E-state index in [1.165, 1.54) is 5.56 Å². The second kappa shape index (κ2) is 4.93. The zero-order valence-corrected chi connectivity index (χ0v) is 9.96. The zero-order chi connectivity index (χ0) is 11.5. The van der Waals surface area contributed by atoms with Gasteiger partial charge >= 0.3 is 0 Å². The van der Waals surface area contributed by atoms with Crippen molar-refractivity contribution in [2.75, 3.05) is 19.6 Å². The third kappa shape index (κ3) is 2.80. The van der Waals surface area contributed by atoms with Crippen molar-refractivity contribution in [3.05, 3.63) is 35.1 Å². The van der Waals surface area contributed by atoms with E-state index in [1.54, 1.807) is 12.1 Å². The van der Waals surface area contributed by atoms with Crippen molar-refractivity contribution < 1.29 is 4.39 Å². The SMILES string of the molecule is Cc1cc(F)ccc1CN1CCN[C@@H](C)C1. The van der Waals surface area contributed by atoms with Gasteiger partial charge in [0.2, 0.25) is 0 Å². The number of piperazine rings is 1. The van der Waals surface area contributed by atoms with Crippen LogP contribution < -0.4 is 5.32 Å². The van der Waals surface area contributed by atoms with Crippen LogP contribution in [-0.2, 0) is 6.54 Å². The van der Waals surface area contributed by atoms with Crippen molar-refractivity contribution in [2.24, 2.45) is 0 Å². The summed E-state index contributed by atoms with van der Waals surface area (Å²) in [6.07, 6.45) is 0. The first-order valence-corrected chi connectivity index (χ1v) is 5.86. The number of nitrogens with one attached hydrogen (secondary N) is 1. The normalized spacial score (nSPS) is 22.3. The summed E-state index contributed by atoms with van der Waals surface area (Å²) >= 11 is 0. The second-order valence-electron chi connectivity index (χ2n) is 4.66. The van der Waals surface area contributed by atoms with Crippen molar-refractivity contribution in [1.29, 1.82) is 0 Å². The lowest BCUT2D eigenvalue weighted by Gasteiger charge is -2.32. The highest BCUT2D eigenvalue weighted by molar-refractivity contribution is 5.26. The average Bonchev–Trinajstić information content (AvgIpc) is 2.22. The molecule has 1 N–H and O–H groups in total. The predicted octanol–water partition coefficient (Wildman–Crippen LogP) is 1.93. The Morgan fingerprint density at radius 2 is 2.31 bits per heavy atom. The van der Waals surface area contributed by atoms with Crippen molar-refractivity contribution in [2.45, 2.75) is 26.4 Å². The predicted molar refractivity (Wildman–Crippen MR) is 63.9 cm³/mol. The summed E-state index contributed by atoms with van der Waals surface area (Å²) in [5.74, 6) is -0.144. The van der Waals surface area contributed by atoms with Gasteiger partial charge in [0.15, 0.2) is 0 Å². The van der Waals surface area contributed by atoms with Crippen LogP contribution in [0, 0.1) is 12.7 Å². The van der Waals surface area contributed by atoms with Crippen molar-refractivity contribution in [3.8, 4) is 0 Å². The largest absolute Gasteiger partial charge is 0.312 e. The monoisotopic (exact) mass is 222 g/mol. The molecule has 16 heavy (non-hydrogen) atoms. The smallest absolute Gasteiger partial charge is 0.123 e. The van der Waals surface area contributed by atoms with Crippen LogP contribution in [0.3, 0.4) is 0 Å². The quantitative estimate of drug-likeness (QED) is 0.822. The van der Waals surface area contributed by atoms with Crippen LogP contribution in [0.1, 0.15) is 18.1 Å². The van der Waals surface area contributed by atoms with Crippen LogP contribution in [-0.4, -0.2) is 30.6 Å². The molecule has 0 saturated carbocycles. The minimum absolute atomic E-state index is 0.144. The molecular weight excluding hydrogens is 203 g/mol. The second-order valence-corrected chi connectivity index (χ2v) is 4.66.